The third kappa shape index (κ3) is 1.22. The van der Waals surface area contributed by atoms with Gasteiger partial charge in [0.05, 0.1) is 0 Å². The molecule has 3 aromatic carbocycles. The SMILES string of the molecule is [Al][n]1c2ccccc2c2c3ccccc3ccc21. The molecule has 4 rings (SSSR count). The summed E-state index contributed by atoms with van der Waals surface area (Å²) < 4.78 is 2.19. The molecule has 0 saturated heterocycles. The predicted octanol–water partition coefficient (Wildman–Crippen LogP) is 3.88. The molecule has 1 heterocycles. The molecule has 0 aliphatic carbocycles. The minimum Gasteiger partial charge on any atom is -0.452 e. The Morgan fingerprint density at radius 3 is 2.28 bits per heavy atom. The fourth-order valence-electron chi connectivity index (χ4n) is 2.77. The van der Waals surface area contributed by atoms with Crippen LogP contribution in [0, 0.1) is 0 Å². The van der Waals surface area contributed by atoms with Gasteiger partial charge in [0.25, 0.3) is 0 Å². The number of benzene rings is 3. The van der Waals surface area contributed by atoms with Crippen molar-refractivity contribution < 1.29 is 0 Å². The largest absolute Gasteiger partial charge is 0.452 e. The van der Waals surface area contributed by atoms with Crippen molar-refractivity contribution in [3.05, 3.63) is 60.7 Å². The number of rotatable bonds is 0. The number of hydrogen-bond donors (Lipinski definition) is 0. The summed E-state index contributed by atoms with van der Waals surface area (Å²) in [6.07, 6.45) is 0. The maximum absolute atomic E-state index is 2.81. The van der Waals surface area contributed by atoms with Crippen LogP contribution in [0.25, 0.3) is 32.6 Å². The van der Waals surface area contributed by atoms with Crippen LogP contribution in [-0.2, 0) is 0 Å². The summed E-state index contributed by atoms with van der Waals surface area (Å²) in [5.41, 5.74) is 2.52. The fourth-order valence-corrected chi connectivity index (χ4v) is 3.21. The monoisotopic (exact) mass is 243 g/mol. The van der Waals surface area contributed by atoms with Gasteiger partial charge in [-0.1, -0.05) is 48.5 Å². The molecule has 0 fully saturated rings. The molecule has 0 unspecified atom stereocenters. The third-order valence-electron chi connectivity index (χ3n) is 3.60. The van der Waals surface area contributed by atoms with E-state index in [9.17, 15) is 0 Å². The second kappa shape index (κ2) is 3.62. The highest BCUT2D eigenvalue weighted by Gasteiger charge is 2.08. The zero-order valence-corrected chi connectivity index (χ0v) is 11.0. The van der Waals surface area contributed by atoms with Gasteiger partial charge in [0.1, 0.15) is 0 Å². The van der Waals surface area contributed by atoms with Crippen LogP contribution in [0.4, 0.5) is 0 Å². The van der Waals surface area contributed by atoms with E-state index in [1.165, 1.54) is 32.6 Å². The van der Waals surface area contributed by atoms with Gasteiger partial charge in [-0.25, -0.2) is 0 Å². The number of hydrogen-bond acceptors (Lipinski definition) is 0. The average molecular weight is 243 g/mol. The Labute approximate surface area is 113 Å². The van der Waals surface area contributed by atoms with Gasteiger partial charge in [0.2, 0.25) is 0 Å². The molecule has 0 spiro atoms. The van der Waals surface area contributed by atoms with Gasteiger partial charge in [-0.2, -0.15) is 0 Å². The number of fused-ring (bicyclic) bond motifs is 5. The summed E-state index contributed by atoms with van der Waals surface area (Å²) in [5.74, 6) is 0. The van der Waals surface area contributed by atoms with Crippen molar-refractivity contribution >= 4 is 49.1 Å². The predicted molar refractivity (Wildman–Crippen MR) is 78.1 cm³/mol. The highest BCUT2D eigenvalue weighted by molar-refractivity contribution is 6.27. The molecule has 0 aliphatic rings. The molecule has 18 heavy (non-hydrogen) atoms. The lowest BCUT2D eigenvalue weighted by atomic mass is 10.0. The van der Waals surface area contributed by atoms with Crippen LogP contribution in [0.2, 0.25) is 0 Å². The normalized spacial score (nSPS) is 11.6. The summed E-state index contributed by atoms with van der Waals surface area (Å²) >= 11 is 2.81. The summed E-state index contributed by atoms with van der Waals surface area (Å²) in [6, 6.07) is 21.5. The van der Waals surface area contributed by atoms with Crippen LogP contribution in [0.15, 0.2) is 60.7 Å². The Hall–Kier alpha value is -1.75. The van der Waals surface area contributed by atoms with E-state index in [1.807, 2.05) is 0 Å². The van der Waals surface area contributed by atoms with E-state index < -0.39 is 0 Å². The summed E-state index contributed by atoms with van der Waals surface area (Å²) in [4.78, 5) is 0. The fraction of sp³-hybridized carbons (Fsp3) is 0. The van der Waals surface area contributed by atoms with Gasteiger partial charge in [0, 0.05) is 21.8 Å². The first-order valence-electron chi connectivity index (χ1n) is 6.02. The smallest absolute Gasteiger partial charge is 0.318 e. The van der Waals surface area contributed by atoms with Crippen LogP contribution in [0.3, 0.4) is 0 Å². The Bertz CT molecular complexity index is 889. The lowest BCUT2D eigenvalue weighted by Gasteiger charge is -2.02. The maximum atomic E-state index is 2.81. The van der Waals surface area contributed by atoms with Crippen molar-refractivity contribution in [2.75, 3.05) is 0 Å². The average Bonchev–Trinajstić information content (AvgIpc) is 2.73. The maximum Gasteiger partial charge on any atom is 0.318 e. The molecule has 1 nitrogen and oxygen atoms in total. The van der Waals surface area contributed by atoms with E-state index >= 15 is 0 Å². The molecule has 0 atom stereocenters. The van der Waals surface area contributed by atoms with Gasteiger partial charge in [-0.05, 0) is 22.9 Å². The molecule has 1 aromatic heterocycles. The van der Waals surface area contributed by atoms with Crippen LogP contribution >= 0.6 is 0 Å². The van der Waals surface area contributed by atoms with Crippen molar-refractivity contribution in [3.63, 3.8) is 0 Å². The topological polar surface area (TPSA) is 4.93 Å². The Kier molecular flexibility index (Phi) is 2.05. The second-order valence-corrected chi connectivity index (χ2v) is 5.08. The van der Waals surface area contributed by atoms with Gasteiger partial charge in [0.15, 0.2) is 0 Å². The van der Waals surface area contributed by atoms with E-state index in [1.54, 1.807) is 0 Å². The molecule has 0 saturated carbocycles. The van der Waals surface area contributed by atoms with Gasteiger partial charge in [-0.3, -0.25) is 0 Å². The molecule has 2 heteroatoms. The van der Waals surface area contributed by atoms with Crippen LogP contribution in [0.1, 0.15) is 0 Å². The molecule has 0 aliphatic heterocycles. The van der Waals surface area contributed by atoms with Gasteiger partial charge < -0.3 is 3.55 Å². The highest BCUT2D eigenvalue weighted by Crippen LogP contribution is 2.33. The lowest BCUT2D eigenvalue weighted by molar-refractivity contribution is 1.39. The van der Waals surface area contributed by atoms with Crippen molar-refractivity contribution in [2.24, 2.45) is 0 Å². The Balaban J connectivity index is 2.41. The van der Waals surface area contributed by atoms with E-state index in [4.69, 9.17) is 0 Å². The zero-order chi connectivity index (χ0) is 12.1. The zero-order valence-electron chi connectivity index (χ0n) is 9.80. The molecular weight excluding hydrogens is 233 g/mol. The van der Waals surface area contributed by atoms with Gasteiger partial charge >= 0.3 is 16.5 Å². The number of nitrogens with zero attached hydrogens (tertiary/aromatic N) is 1. The molecule has 0 amide bonds. The van der Waals surface area contributed by atoms with E-state index in [0.717, 1.165) is 0 Å². The summed E-state index contributed by atoms with van der Waals surface area (Å²) in [5, 5.41) is 5.29. The summed E-state index contributed by atoms with van der Waals surface area (Å²) in [7, 11) is 0. The molecular formula is C16H10AlN. The lowest BCUT2D eigenvalue weighted by Crippen LogP contribution is -1.89. The first-order chi connectivity index (χ1) is 8.86. The molecule has 0 bridgehead atoms. The summed E-state index contributed by atoms with van der Waals surface area (Å²) in [6.45, 7) is 0. The molecule has 2 radical (unpaired) electrons. The van der Waals surface area contributed by atoms with Crippen LogP contribution in [-0.4, -0.2) is 20.1 Å². The molecule has 0 N–H and O–H groups in total. The standard InChI is InChI=1S/C16H10N.Al/c1-2-6-12-11(5-1)9-10-15-16(12)13-7-3-4-8-14(13)17-15;/h1-10H;/q-1;+1. The van der Waals surface area contributed by atoms with Crippen molar-refractivity contribution in [1.82, 2.24) is 3.55 Å². The highest BCUT2D eigenvalue weighted by atomic mass is 27.1. The van der Waals surface area contributed by atoms with Crippen LogP contribution < -0.4 is 0 Å². The molecule has 4 aromatic rings. The van der Waals surface area contributed by atoms with Crippen molar-refractivity contribution in [2.45, 2.75) is 0 Å². The van der Waals surface area contributed by atoms with E-state index in [0.29, 0.717) is 0 Å². The van der Waals surface area contributed by atoms with E-state index in [-0.39, 0.29) is 0 Å². The van der Waals surface area contributed by atoms with E-state index in [2.05, 4.69) is 80.7 Å². The third-order valence-corrected chi connectivity index (χ3v) is 4.16. The van der Waals surface area contributed by atoms with Crippen molar-refractivity contribution in [1.29, 1.82) is 0 Å². The first-order valence-corrected chi connectivity index (χ1v) is 6.54. The Morgan fingerprint density at radius 1 is 0.667 bits per heavy atom. The van der Waals surface area contributed by atoms with Gasteiger partial charge in [-0.15, -0.1) is 0 Å². The minimum atomic E-state index is 1.26. The second-order valence-electron chi connectivity index (χ2n) is 4.57. The van der Waals surface area contributed by atoms with Crippen LogP contribution in [0.5, 0.6) is 0 Å². The quantitative estimate of drug-likeness (QED) is 0.413. The number of aromatic nitrogens is 1. The van der Waals surface area contributed by atoms with Crippen molar-refractivity contribution in [3.8, 4) is 0 Å². The minimum absolute atomic E-state index is 1.26. The molecule has 82 valence electrons. The first kappa shape index (κ1) is 10.2. The number of para-hydroxylation sites is 1. The Morgan fingerprint density at radius 2 is 1.39 bits per heavy atom.